The summed E-state index contributed by atoms with van der Waals surface area (Å²) in [4.78, 5) is 29.8. The summed E-state index contributed by atoms with van der Waals surface area (Å²) in [5.74, 6) is -0.738. The molecule has 0 fully saturated rings. The van der Waals surface area contributed by atoms with E-state index in [1.807, 2.05) is 68.4 Å². The number of nitrogens with zero attached hydrogens (tertiary/aromatic N) is 2. The zero-order valence-electron chi connectivity index (χ0n) is 24.9. The summed E-state index contributed by atoms with van der Waals surface area (Å²) in [5, 5.41) is 3.35. The topological polar surface area (TPSA) is 86.8 Å². The van der Waals surface area contributed by atoms with E-state index in [0.29, 0.717) is 11.6 Å². The Morgan fingerprint density at radius 1 is 0.844 bits per heavy atom. The Kier molecular flexibility index (Phi) is 12.1. The van der Waals surface area contributed by atoms with Crippen LogP contribution in [-0.2, 0) is 32.6 Å². The second kappa shape index (κ2) is 15.8. The molecular formula is C34H34BrCl2N3O4S. The highest BCUT2D eigenvalue weighted by atomic mass is 79.9. The number of amides is 2. The average molecular weight is 732 g/mol. The molecule has 0 aliphatic heterocycles. The van der Waals surface area contributed by atoms with Crippen molar-refractivity contribution in [2.24, 2.45) is 5.92 Å². The lowest BCUT2D eigenvalue weighted by Crippen LogP contribution is -2.53. The maximum Gasteiger partial charge on any atom is 0.264 e. The first-order valence-electron chi connectivity index (χ1n) is 14.3. The summed E-state index contributed by atoms with van der Waals surface area (Å²) in [5.41, 5.74) is 1.70. The number of halogens is 3. The molecule has 0 saturated heterocycles. The molecule has 0 spiro atoms. The van der Waals surface area contributed by atoms with Crippen LogP contribution in [0.5, 0.6) is 0 Å². The van der Waals surface area contributed by atoms with E-state index in [9.17, 15) is 18.0 Å². The highest BCUT2D eigenvalue weighted by Crippen LogP contribution is 2.33. The highest BCUT2D eigenvalue weighted by Gasteiger charge is 2.35. The molecule has 45 heavy (non-hydrogen) atoms. The van der Waals surface area contributed by atoms with Gasteiger partial charge in [0.05, 0.1) is 15.6 Å². The molecule has 2 amide bonds. The van der Waals surface area contributed by atoms with Crippen molar-refractivity contribution in [3.05, 3.63) is 129 Å². The van der Waals surface area contributed by atoms with E-state index in [1.54, 1.807) is 18.2 Å². The van der Waals surface area contributed by atoms with E-state index in [1.165, 1.54) is 35.2 Å². The van der Waals surface area contributed by atoms with Crippen LogP contribution in [0.1, 0.15) is 25.0 Å². The number of hydrogen-bond acceptors (Lipinski definition) is 4. The molecule has 0 aliphatic rings. The van der Waals surface area contributed by atoms with Crippen molar-refractivity contribution >= 4 is 66.7 Å². The van der Waals surface area contributed by atoms with Crippen LogP contribution in [0.2, 0.25) is 10.0 Å². The van der Waals surface area contributed by atoms with Crippen molar-refractivity contribution in [2.45, 2.75) is 37.8 Å². The minimum Gasteiger partial charge on any atom is -0.354 e. The standard InChI is InChI=1S/C34H34BrCl2N3O4S/c1-24(2)21-38-34(42)32(19-25-10-5-3-6-11-25)39(22-26-12-9-13-27(35)18-26)33(41)23-40(31-17-16-28(36)20-30(31)37)45(43,44)29-14-7-4-8-15-29/h3-18,20,24,32H,19,21-23H2,1-2H3,(H,38,42)/t32-/m0/s1. The van der Waals surface area contributed by atoms with Gasteiger partial charge in [-0.3, -0.25) is 13.9 Å². The van der Waals surface area contributed by atoms with Gasteiger partial charge in [0, 0.05) is 29.0 Å². The molecule has 0 saturated carbocycles. The Hall–Kier alpha value is -3.37. The zero-order valence-corrected chi connectivity index (χ0v) is 28.8. The van der Waals surface area contributed by atoms with Gasteiger partial charge in [-0.25, -0.2) is 8.42 Å². The van der Waals surface area contributed by atoms with Crippen LogP contribution in [0.3, 0.4) is 0 Å². The van der Waals surface area contributed by atoms with E-state index in [-0.39, 0.29) is 40.4 Å². The first-order chi connectivity index (χ1) is 21.5. The number of rotatable bonds is 13. The molecule has 236 valence electrons. The second-order valence-electron chi connectivity index (χ2n) is 10.9. The van der Waals surface area contributed by atoms with Gasteiger partial charge in [-0.05, 0) is 59.5 Å². The zero-order chi connectivity index (χ0) is 32.6. The molecule has 0 bridgehead atoms. The number of benzene rings is 4. The minimum absolute atomic E-state index is 0.0159. The van der Waals surface area contributed by atoms with Crippen LogP contribution in [0.4, 0.5) is 5.69 Å². The van der Waals surface area contributed by atoms with Crippen molar-refractivity contribution in [1.82, 2.24) is 10.2 Å². The van der Waals surface area contributed by atoms with Gasteiger partial charge in [-0.1, -0.05) is 114 Å². The van der Waals surface area contributed by atoms with E-state index < -0.39 is 28.5 Å². The lowest BCUT2D eigenvalue weighted by Gasteiger charge is -2.34. The van der Waals surface area contributed by atoms with Crippen LogP contribution in [-0.4, -0.2) is 44.3 Å². The average Bonchev–Trinajstić information content (AvgIpc) is 3.01. The van der Waals surface area contributed by atoms with E-state index in [2.05, 4.69) is 21.2 Å². The Labute approximate surface area is 283 Å². The third kappa shape index (κ3) is 9.33. The van der Waals surface area contributed by atoms with Crippen LogP contribution in [0.25, 0.3) is 0 Å². The fourth-order valence-corrected chi connectivity index (χ4v) is 7.19. The van der Waals surface area contributed by atoms with Crippen LogP contribution in [0.15, 0.2) is 112 Å². The van der Waals surface area contributed by atoms with Crippen molar-refractivity contribution in [3.8, 4) is 0 Å². The molecule has 4 rings (SSSR count). The van der Waals surface area contributed by atoms with Gasteiger partial charge in [0.1, 0.15) is 12.6 Å². The van der Waals surface area contributed by atoms with E-state index in [4.69, 9.17) is 23.2 Å². The van der Waals surface area contributed by atoms with Gasteiger partial charge in [-0.15, -0.1) is 0 Å². The van der Waals surface area contributed by atoms with Crippen molar-refractivity contribution < 1.29 is 18.0 Å². The number of carbonyl (C=O) groups is 2. The van der Waals surface area contributed by atoms with Crippen molar-refractivity contribution in [1.29, 1.82) is 0 Å². The maximum absolute atomic E-state index is 14.5. The van der Waals surface area contributed by atoms with Gasteiger partial charge >= 0.3 is 0 Å². The molecule has 0 aliphatic carbocycles. The van der Waals surface area contributed by atoms with E-state index in [0.717, 1.165) is 19.9 Å². The smallest absolute Gasteiger partial charge is 0.264 e. The lowest BCUT2D eigenvalue weighted by molar-refractivity contribution is -0.140. The SMILES string of the molecule is CC(C)CNC(=O)[C@H](Cc1ccccc1)N(Cc1cccc(Br)c1)C(=O)CN(c1ccc(Cl)cc1Cl)S(=O)(=O)c1ccccc1. The van der Waals surface area contributed by atoms with Crippen LogP contribution in [0, 0.1) is 5.92 Å². The Bertz CT molecular complexity index is 1720. The molecule has 0 unspecified atom stereocenters. The monoisotopic (exact) mass is 729 g/mol. The molecule has 0 radical (unpaired) electrons. The number of nitrogens with one attached hydrogen (secondary N) is 1. The van der Waals surface area contributed by atoms with Gasteiger partial charge in [0.15, 0.2) is 0 Å². The third-order valence-electron chi connectivity index (χ3n) is 6.99. The predicted octanol–water partition coefficient (Wildman–Crippen LogP) is 7.36. The summed E-state index contributed by atoms with van der Waals surface area (Å²) < 4.78 is 29.9. The fourth-order valence-electron chi connectivity index (χ4n) is 4.73. The van der Waals surface area contributed by atoms with Crippen LogP contribution < -0.4 is 9.62 Å². The summed E-state index contributed by atoms with van der Waals surface area (Å²) in [6.07, 6.45) is 0.220. The second-order valence-corrected chi connectivity index (χ2v) is 14.5. The van der Waals surface area contributed by atoms with Gasteiger partial charge < -0.3 is 10.2 Å². The van der Waals surface area contributed by atoms with Crippen molar-refractivity contribution in [2.75, 3.05) is 17.4 Å². The first kappa shape index (κ1) is 34.5. The molecule has 4 aromatic rings. The Morgan fingerprint density at radius 3 is 2.11 bits per heavy atom. The molecule has 0 aromatic heterocycles. The first-order valence-corrected chi connectivity index (χ1v) is 17.3. The van der Waals surface area contributed by atoms with Gasteiger partial charge in [0.25, 0.3) is 10.0 Å². The van der Waals surface area contributed by atoms with E-state index >= 15 is 0 Å². The minimum atomic E-state index is -4.27. The number of sulfonamides is 1. The Morgan fingerprint density at radius 2 is 1.49 bits per heavy atom. The summed E-state index contributed by atoms with van der Waals surface area (Å²) in [6.45, 7) is 3.82. The number of carbonyl (C=O) groups excluding carboxylic acids is 2. The molecule has 7 nitrogen and oxygen atoms in total. The quantitative estimate of drug-likeness (QED) is 0.156. The van der Waals surface area contributed by atoms with Crippen LogP contribution >= 0.6 is 39.1 Å². The predicted molar refractivity (Wildman–Crippen MR) is 184 cm³/mol. The molecule has 11 heteroatoms. The number of hydrogen-bond donors (Lipinski definition) is 1. The van der Waals surface area contributed by atoms with Crippen molar-refractivity contribution in [3.63, 3.8) is 0 Å². The van der Waals surface area contributed by atoms with Gasteiger partial charge in [-0.2, -0.15) is 0 Å². The Balaban J connectivity index is 1.82. The molecule has 4 aromatic carbocycles. The summed E-state index contributed by atoms with van der Waals surface area (Å²) in [6, 6.07) is 28.1. The molecular weight excluding hydrogens is 697 g/mol. The fraction of sp³-hybridized carbons (Fsp3) is 0.235. The highest BCUT2D eigenvalue weighted by molar-refractivity contribution is 9.10. The largest absolute Gasteiger partial charge is 0.354 e. The third-order valence-corrected chi connectivity index (χ3v) is 9.79. The summed E-state index contributed by atoms with van der Waals surface area (Å²) in [7, 11) is -4.27. The maximum atomic E-state index is 14.5. The molecule has 1 atom stereocenters. The normalized spacial score (nSPS) is 12.0. The summed E-state index contributed by atoms with van der Waals surface area (Å²) >= 11 is 16.2. The molecule has 0 heterocycles. The lowest BCUT2D eigenvalue weighted by atomic mass is 10.0. The van der Waals surface area contributed by atoms with Gasteiger partial charge in [0.2, 0.25) is 11.8 Å². The molecule has 1 N–H and O–H groups in total. The number of anilines is 1.